The highest BCUT2D eigenvalue weighted by Crippen LogP contribution is 2.69. The third-order valence-electron chi connectivity index (χ3n) is 14.1. The van der Waals surface area contributed by atoms with Crippen LogP contribution in [0.5, 0.6) is 0 Å². The molecule has 1 N–H and O–H groups in total. The Morgan fingerprint density at radius 2 is 0.674 bits per heavy atom. The van der Waals surface area contributed by atoms with E-state index in [0.29, 0.717) is 12.0 Å². The molecule has 15 aromatic rings. The molecule has 0 aromatic heterocycles. The van der Waals surface area contributed by atoms with Crippen LogP contribution in [0, 0.1) is 0 Å². The van der Waals surface area contributed by atoms with Crippen LogP contribution in [0.15, 0.2) is 48.5 Å². The first kappa shape index (κ1) is 20.9. The predicted octanol–water partition coefficient (Wildman–Crippen LogP) is 11.0. The molecule has 2 heteroatoms. The van der Waals surface area contributed by atoms with Crippen LogP contribution < -0.4 is 5.32 Å². The summed E-state index contributed by atoms with van der Waals surface area (Å²) in [5, 5.41) is 46.6. The van der Waals surface area contributed by atoms with Gasteiger partial charge in [-0.05, 0) is 183 Å². The van der Waals surface area contributed by atoms with Gasteiger partial charge in [0, 0.05) is 18.5 Å². The van der Waals surface area contributed by atoms with E-state index in [4.69, 9.17) is 0 Å². The minimum Gasteiger partial charge on any atom is -0.319 e. The van der Waals surface area contributed by atoms with Gasteiger partial charge in [-0.2, -0.15) is 0 Å². The van der Waals surface area contributed by atoms with Crippen molar-refractivity contribution in [1.29, 1.82) is 0 Å². The molecule has 0 fully saturated rings. The predicted molar refractivity (Wildman–Crippen MR) is 199 cm³/mol. The lowest BCUT2D eigenvalue weighted by Crippen LogP contribution is -2.33. The molecule has 2 unspecified atom stereocenters. The minimum atomic E-state index is 0.303. The molecular weight excluding hydrogens is 556 g/mol. The number of hydrogen-bond acceptors (Lipinski definition) is 2. The summed E-state index contributed by atoms with van der Waals surface area (Å²) in [6.07, 6.45) is 0. The molecule has 0 spiro atoms. The molecule has 15 aromatic carbocycles. The summed E-state index contributed by atoms with van der Waals surface area (Å²) >= 11 is 0. The standard InChI is InChI=1S/C44H22N2/c1-45-12-21-22-19-10-8-17-15-6-4-13-14-5-7-16-18-9-11-20-30-28(18)35-26(16)24(14)33-23(13)25(15)34-27(17)29(19)36-32(22)38(31(20)44(21)46(2)3)37(30)43-41(35)39(33)40(34)42(36)43/h4-11,21,44-45H,12H2,1-3H3. The Morgan fingerprint density at radius 3 is 1.04 bits per heavy atom. The van der Waals surface area contributed by atoms with Crippen molar-refractivity contribution < 1.29 is 0 Å². The lowest BCUT2D eigenvalue weighted by molar-refractivity contribution is 0.257. The van der Waals surface area contributed by atoms with E-state index in [1.165, 1.54) is 70.0 Å². The van der Waals surface area contributed by atoms with Crippen LogP contribution in [0.2, 0.25) is 0 Å². The molecule has 16 rings (SSSR count). The van der Waals surface area contributed by atoms with Gasteiger partial charge in [-0.3, -0.25) is 0 Å². The highest BCUT2D eigenvalue weighted by atomic mass is 15.1. The summed E-state index contributed by atoms with van der Waals surface area (Å²) in [5.41, 5.74) is 3.18. The van der Waals surface area contributed by atoms with E-state index in [-0.39, 0.29) is 0 Å². The van der Waals surface area contributed by atoms with Gasteiger partial charge in [0.15, 0.2) is 0 Å². The third kappa shape index (κ3) is 1.49. The van der Waals surface area contributed by atoms with Crippen LogP contribution >= 0.6 is 0 Å². The average molecular weight is 579 g/mol. The van der Waals surface area contributed by atoms with Crippen molar-refractivity contribution in [2.75, 3.05) is 27.7 Å². The van der Waals surface area contributed by atoms with Crippen LogP contribution in [0.25, 0.3) is 151 Å². The zero-order chi connectivity index (χ0) is 29.1. The SMILES string of the molecule is CNCC1c2c3ccc4c5ccc6c7ccc8c9ccc%10c(c%11c2c2c3c4c3c5c6c4c7c8c5c9c%10c%11c6c2c3c4c56)C1N(C)C. The second-order valence-electron chi connectivity index (χ2n) is 15.5. The van der Waals surface area contributed by atoms with Gasteiger partial charge in [-0.15, -0.1) is 0 Å². The van der Waals surface area contributed by atoms with Gasteiger partial charge >= 0.3 is 0 Å². The third-order valence-corrected chi connectivity index (χ3v) is 14.1. The van der Waals surface area contributed by atoms with E-state index in [0.717, 1.165) is 6.54 Å². The fourth-order valence-corrected chi connectivity index (χ4v) is 13.2. The van der Waals surface area contributed by atoms with Crippen molar-refractivity contribution >= 4 is 151 Å². The maximum Gasteiger partial charge on any atom is 0.0435 e. The molecule has 1 aliphatic carbocycles. The maximum absolute atomic E-state index is 3.68. The molecule has 0 heterocycles. The van der Waals surface area contributed by atoms with Gasteiger partial charge < -0.3 is 10.2 Å². The molecule has 0 saturated heterocycles. The van der Waals surface area contributed by atoms with Crippen LogP contribution in [-0.2, 0) is 0 Å². The van der Waals surface area contributed by atoms with Crippen LogP contribution in [0.4, 0.5) is 0 Å². The van der Waals surface area contributed by atoms with E-state index in [2.05, 4.69) is 79.9 Å². The van der Waals surface area contributed by atoms with Crippen LogP contribution in [-0.4, -0.2) is 32.6 Å². The van der Waals surface area contributed by atoms with Crippen LogP contribution in [0.3, 0.4) is 0 Å². The highest BCUT2D eigenvalue weighted by molar-refractivity contribution is 6.69. The summed E-state index contributed by atoms with van der Waals surface area (Å²) in [5.74, 6) is 0.365. The fraction of sp³-hybridized carbons (Fsp3) is 0.136. The number of nitrogens with zero attached hydrogens (tertiary/aromatic N) is 1. The molecule has 46 heavy (non-hydrogen) atoms. The molecule has 1 aliphatic rings. The lowest BCUT2D eigenvalue weighted by atomic mass is 9.78. The maximum atomic E-state index is 3.68. The zero-order valence-electron chi connectivity index (χ0n) is 25.4. The fourth-order valence-electron chi connectivity index (χ4n) is 13.2. The topological polar surface area (TPSA) is 15.3 Å². The van der Waals surface area contributed by atoms with Gasteiger partial charge in [0.1, 0.15) is 0 Å². The monoisotopic (exact) mass is 578 g/mol. The number of benzene rings is 9. The zero-order valence-corrected chi connectivity index (χ0v) is 25.4. The molecule has 0 radical (unpaired) electrons. The van der Waals surface area contributed by atoms with Crippen molar-refractivity contribution in [3.8, 4) is 0 Å². The average Bonchev–Trinajstić information content (AvgIpc) is 3.88. The number of nitrogens with one attached hydrogen (secondary N) is 1. The van der Waals surface area contributed by atoms with Crippen LogP contribution in [0.1, 0.15) is 23.1 Å². The molecule has 0 amide bonds. The smallest absolute Gasteiger partial charge is 0.0435 e. The molecule has 2 nitrogen and oxygen atoms in total. The van der Waals surface area contributed by atoms with E-state index < -0.39 is 0 Å². The first-order valence-electron chi connectivity index (χ1n) is 17.0. The van der Waals surface area contributed by atoms with Crippen molar-refractivity contribution in [1.82, 2.24) is 10.2 Å². The Morgan fingerprint density at radius 1 is 0.391 bits per heavy atom. The Balaban J connectivity index is 1.46. The lowest BCUT2D eigenvalue weighted by Gasteiger charge is -2.36. The normalized spacial score (nSPS) is 19.1. The second kappa shape index (κ2) is 5.62. The minimum absolute atomic E-state index is 0.303. The Kier molecular flexibility index (Phi) is 2.55. The quantitative estimate of drug-likeness (QED) is 0.210. The summed E-state index contributed by atoms with van der Waals surface area (Å²) in [7, 11) is 6.78. The summed E-state index contributed by atoms with van der Waals surface area (Å²) in [6, 6.07) is 20.2. The van der Waals surface area contributed by atoms with Crippen molar-refractivity contribution in [2.24, 2.45) is 0 Å². The summed E-state index contributed by atoms with van der Waals surface area (Å²) in [6.45, 7) is 0.965. The molecule has 0 bridgehead atoms. The van der Waals surface area contributed by atoms with Gasteiger partial charge in [0.2, 0.25) is 0 Å². The Labute approximate surface area is 259 Å². The summed E-state index contributed by atoms with van der Waals surface area (Å²) < 4.78 is 0. The number of fused-ring (bicyclic) bond motifs is 5. The molecule has 208 valence electrons. The van der Waals surface area contributed by atoms with Crippen molar-refractivity contribution in [2.45, 2.75) is 12.0 Å². The Hall–Kier alpha value is -5.02. The second-order valence-corrected chi connectivity index (χ2v) is 15.5. The van der Waals surface area contributed by atoms with E-state index in [1.54, 1.807) is 91.9 Å². The highest BCUT2D eigenvalue weighted by Gasteiger charge is 2.44. The number of rotatable bonds is 3. The first-order valence-corrected chi connectivity index (χ1v) is 17.0. The van der Waals surface area contributed by atoms with Gasteiger partial charge in [0.25, 0.3) is 0 Å². The van der Waals surface area contributed by atoms with E-state index in [1.807, 2.05) is 0 Å². The van der Waals surface area contributed by atoms with Gasteiger partial charge in [-0.1, -0.05) is 48.5 Å². The molecule has 0 saturated carbocycles. The largest absolute Gasteiger partial charge is 0.319 e. The number of hydrogen-bond donors (Lipinski definition) is 1. The summed E-state index contributed by atoms with van der Waals surface area (Å²) in [4.78, 5) is 2.53. The van der Waals surface area contributed by atoms with Crippen molar-refractivity contribution in [3.05, 3.63) is 59.7 Å². The van der Waals surface area contributed by atoms with Gasteiger partial charge in [0.05, 0.1) is 0 Å². The Bertz CT molecular complexity index is 3730. The number of likely N-dealkylation sites (N-methyl/N-ethyl adjacent to an activating group) is 2. The van der Waals surface area contributed by atoms with E-state index >= 15 is 0 Å². The van der Waals surface area contributed by atoms with Gasteiger partial charge in [-0.25, -0.2) is 0 Å². The van der Waals surface area contributed by atoms with Crippen molar-refractivity contribution in [3.63, 3.8) is 0 Å². The molecule has 2 atom stereocenters. The van der Waals surface area contributed by atoms with E-state index in [9.17, 15) is 0 Å². The first-order chi connectivity index (χ1) is 22.7. The molecular formula is C44H22N2. The molecule has 0 aliphatic heterocycles.